The fourth-order valence-electron chi connectivity index (χ4n) is 0.893. The molecule has 4 N–H and O–H groups in total. The Bertz CT molecular complexity index is 333. The van der Waals surface area contributed by atoms with Crippen molar-refractivity contribution in [2.45, 2.75) is 18.2 Å². The number of anilines is 1. The molecule has 0 fully saturated rings. The molecule has 13 heavy (non-hydrogen) atoms. The molecule has 5 nitrogen and oxygen atoms in total. The zero-order valence-electron chi connectivity index (χ0n) is 7.44. The Morgan fingerprint density at radius 3 is 2.46 bits per heavy atom. The molecule has 1 aromatic heterocycles. The second-order valence-corrected chi connectivity index (χ2v) is 3.86. The van der Waals surface area contributed by atoms with Crippen molar-refractivity contribution in [3.8, 4) is 0 Å². The van der Waals surface area contributed by atoms with Crippen molar-refractivity contribution in [2.24, 2.45) is 5.73 Å². The summed E-state index contributed by atoms with van der Waals surface area (Å²) in [4.78, 5) is 10.7. The Balaban J connectivity index is 2.94. The molecule has 2 atom stereocenters. The number of hydrogen-bond donors (Lipinski definition) is 2. The lowest BCUT2D eigenvalue weighted by molar-refractivity contribution is 0.366. The highest BCUT2D eigenvalue weighted by Crippen LogP contribution is 2.25. The Kier molecular flexibility index (Phi) is 3.05. The van der Waals surface area contributed by atoms with Crippen LogP contribution >= 0.6 is 11.8 Å². The Morgan fingerprint density at radius 2 is 2.08 bits per heavy atom. The lowest BCUT2D eigenvalue weighted by atomic mass is 10.2. The van der Waals surface area contributed by atoms with Gasteiger partial charge >= 0.3 is 5.82 Å². The number of hydrogen-bond acceptors (Lipinski definition) is 6. The largest absolute Gasteiger partial charge is 0.520 e. The van der Waals surface area contributed by atoms with Crippen LogP contribution in [-0.2, 0) is 0 Å². The monoisotopic (exact) mass is 204 g/mol. The van der Waals surface area contributed by atoms with Gasteiger partial charge in [-0.15, -0.1) is 0 Å². The maximum atomic E-state index is 10.7. The first-order chi connectivity index (χ1) is 6.06. The summed E-state index contributed by atoms with van der Waals surface area (Å²) in [6, 6.07) is -0.415. The van der Waals surface area contributed by atoms with Gasteiger partial charge in [-0.1, -0.05) is 6.92 Å². The van der Waals surface area contributed by atoms with Crippen molar-refractivity contribution < 1.29 is 8.83 Å². The summed E-state index contributed by atoms with van der Waals surface area (Å²) >= 11 is 1.56. The van der Waals surface area contributed by atoms with E-state index in [0.29, 0.717) is 0 Å². The van der Waals surface area contributed by atoms with Crippen molar-refractivity contribution in [1.82, 2.24) is 0 Å². The highest BCUT2D eigenvalue weighted by Gasteiger charge is 2.22. The summed E-state index contributed by atoms with van der Waals surface area (Å²) in [5, 5.41) is 0.114. The van der Waals surface area contributed by atoms with E-state index >= 15 is 0 Å². The highest BCUT2D eigenvalue weighted by atomic mass is 32.2. The zero-order chi connectivity index (χ0) is 10.0. The first-order valence-corrected chi connectivity index (χ1v) is 5.02. The maximum Gasteiger partial charge on any atom is 0.520 e. The standard InChI is InChI=1S/C7H12N2O3S/c1-3(13-2)4(8)5-6(9)12-7(10)11-5/h3-4H,8-9H2,1-2H3. The first kappa shape index (κ1) is 10.2. The normalized spacial score (nSPS) is 15.6. The number of nitrogens with two attached hydrogens (primary N) is 2. The number of nitrogen functional groups attached to an aromatic ring is 1. The van der Waals surface area contributed by atoms with Gasteiger partial charge in [0.2, 0.25) is 5.88 Å². The number of rotatable bonds is 3. The van der Waals surface area contributed by atoms with Gasteiger partial charge in [0, 0.05) is 5.25 Å². The number of thioether (sulfide) groups is 1. The Labute approximate surface area is 79.5 Å². The summed E-state index contributed by atoms with van der Waals surface area (Å²) in [5.74, 6) is -0.610. The minimum absolute atomic E-state index is 0.0293. The van der Waals surface area contributed by atoms with E-state index in [0.717, 1.165) is 0 Å². The van der Waals surface area contributed by atoms with Crippen LogP contribution in [0.5, 0.6) is 0 Å². The molecule has 0 radical (unpaired) electrons. The molecular formula is C7H12N2O3S. The summed E-state index contributed by atoms with van der Waals surface area (Å²) < 4.78 is 9.21. The molecular weight excluding hydrogens is 192 g/mol. The zero-order valence-corrected chi connectivity index (χ0v) is 8.26. The molecule has 2 unspecified atom stereocenters. The van der Waals surface area contributed by atoms with Gasteiger partial charge in [-0.3, -0.25) is 0 Å². The smallest absolute Gasteiger partial charge is 0.392 e. The van der Waals surface area contributed by atoms with E-state index in [9.17, 15) is 4.79 Å². The molecule has 0 bridgehead atoms. The van der Waals surface area contributed by atoms with E-state index in [1.165, 1.54) is 0 Å². The van der Waals surface area contributed by atoms with Gasteiger partial charge in [0.25, 0.3) is 0 Å². The molecule has 0 saturated heterocycles. The van der Waals surface area contributed by atoms with Crippen LogP contribution in [0.4, 0.5) is 5.88 Å². The molecule has 0 saturated carbocycles. The Morgan fingerprint density at radius 1 is 1.46 bits per heavy atom. The maximum absolute atomic E-state index is 10.7. The third-order valence-corrected chi connectivity index (χ3v) is 2.85. The average Bonchev–Trinajstić information content (AvgIpc) is 2.42. The van der Waals surface area contributed by atoms with Crippen molar-refractivity contribution in [3.63, 3.8) is 0 Å². The van der Waals surface area contributed by atoms with E-state index in [2.05, 4.69) is 4.42 Å². The molecule has 6 heteroatoms. The fraction of sp³-hybridized carbons (Fsp3) is 0.571. The molecule has 74 valence electrons. The third kappa shape index (κ3) is 2.07. The van der Waals surface area contributed by atoms with Gasteiger partial charge in [-0.25, -0.2) is 4.79 Å². The van der Waals surface area contributed by atoms with Crippen LogP contribution in [0.1, 0.15) is 18.7 Å². The van der Waals surface area contributed by atoms with Crippen LogP contribution in [-0.4, -0.2) is 11.5 Å². The van der Waals surface area contributed by atoms with Crippen LogP contribution in [0.15, 0.2) is 13.6 Å². The van der Waals surface area contributed by atoms with E-state index in [1.54, 1.807) is 11.8 Å². The predicted octanol–water partition coefficient (Wildman–Crippen LogP) is 0.566. The van der Waals surface area contributed by atoms with Crippen molar-refractivity contribution >= 4 is 17.6 Å². The summed E-state index contributed by atoms with van der Waals surface area (Å²) in [7, 11) is 0. The van der Waals surface area contributed by atoms with E-state index in [-0.39, 0.29) is 16.9 Å². The van der Waals surface area contributed by atoms with E-state index < -0.39 is 11.9 Å². The molecule has 1 rings (SSSR count). The average molecular weight is 204 g/mol. The van der Waals surface area contributed by atoms with E-state index in [1.807, 2.05) is 13.2 Å². The minimum Gasteiger partial charge on any atom is -0.392 e. The van der Waals surface area contributed by atoms with Crippen LogP contribution in [0.2, 0.25) is 0 Å². The SMILES string of the molecule is CSC(C)C(N)c1oc(=O)oc1N. The molecule has 1 aromatic rings. The van der Waals surface area contributed by atoms with Crippen molar-refractivity contribution in [1.29, 1.82) is 0 Å². The second-order valence-electron chi connectivity index (χ2n) is 2.65. The van der Waals surface area contributed by atoms with Crippen LogP contribution in [0, 0.1) is 0 Å². The lowest BCUT2D eigenvalue weighted by Gasteiger charge is -2.14. The first-order valence-electron chi connectivity index (χ1n) is 3.74. The van der Waals surface area contributed by atoms with Gasteiger partial charge in [-0.2, -0.15) is 11.8 Å². The third-order valence-electron chi connectivity index (χ3n) is 1.81. The highest BCUT2D eigenvalue weighted by molar-refractivity contribution is 7.99. The van der Waals surface area contributed by atoms with Crippen molar-refractivity contribution in [2.75, 3.05) is 12.0 Å². The molecule has 0 aromatic carbocycles. The minimum atomic E-state index is -0.809. The molecule has 0 aliphatic rings. The van der Waals surface area contributed by atoms with Crippen LogP contribution < -0.4 is 17.3 Å². The van der Waals surface area contributed by atoms with Crippen LogP contribution in [0.25, 0.3) is 0 Å². The summed E-state index contributed by atoms with van der Waals surface area (Å²) in [5.41, 5.74) is 11.2. The van der Waals surface area contributed by atoms with Gasteiger partial charge < -0.3 is 20.3 Å². The van der Waals surface area contributed by atoms with Crippen LogP contribution in [0.3, 0.4) is 0 Å². The summed E-state index contributed by atoms with van der Waals surface area (Å²) in [6.45, 7) is 1.92. The summed E-state index contributed by atoms with van der Waals surface area (Å²) in [6.07, 6.45) is 1.92. The van der Waals surface area contributed by atoms with Crippen molar-refractivity contribution in [3.05, 3.63) is 16.4 Å². The molecule has 0 aliphatic heterocycles. The second kappa shape index (κ2) is 3.89. The van der Waals surface area contributed by atoms with E-state index in [4.69, 9.17) is 15.9 Å². The Hall–Kier alpha value is -0.880. The fourth-order valence-corrected chi connectivity index (χ4v) is 1.31. The van der Waals surface area contributed by atoms with Gasteiger partial charge in [0.15, 0.2) is 5.76 Å². The molecule has 0 amide bonds. The molecule has 0 spiro atoms. The molecule has 0 aliphatic carbocycles. The van der Waals surface area contributed by atoms with Gasteiger partial charge in [-0.05, 0) is 6.26 Å². The topological polar surface area (TPSA) is 95.4 Å². The lowest BCUT2D eigenvalue weighted by Crippen LogP contribution is -2.21. The quantitative estimate of drug-likeness (QED) is 0.747. The molecule has 1 heterocycles. The predicted molar refractivity (Wildman–Crippen MR) is 51.6 cm³/mol. The van der Waals surface area contributed by atoms with Gasteiger partial charge in [0.05, 0.1) is 6.04 Å². The van der Waals surface area contributed by atoms with Gasteiger partial charge in [0.1, 0.15) is 0 Å².